The van der Waals surface area contributed by atoms with Crippen LogP contribution in [0.3, 0.4) is 0 Å². The van der Waals surface area contributed by atoms with E-state index in [1.165, 1.54) is 5.56 Å². The SMILES string of the molecule is CN=C(NCC(C)c1c(C)noc1C)NC1CC(OC)C1(C)C.I. The highest BCUT2D eigenvalue weighted by atomic mass is 127. The van der Waals surface area contributed by atoms with Gasteiger partial charge in [0, 0.05) is 43.6 Å². The first-order valence-electron chi connectivity index (χ1n) is 8.24. The minimum absolute atomic E-state index is 0. The molecule has 1 saturated carbocycles. The third-order valence-corrected chi connectivity index (χ3v) is 5.15. The fourth-order valence-corrected chi connectivity index (χ4v) is 3.44. The molecule has 1 aromatic heterocycles. The molecule has 6 nitrogen and oxygen atoms in total. The van der Waals surface area contributed by atoms with Gasteiger partial charge in [-0.2, -0.15) is 0 Å². The molecule has 3 unspecified atom stereocenters. The molecule has 7 heteroatoms. The maximum atomic E-state index is 5.50. The molecular weight excluding hydrogens is 419 g/mol. The van der Waals surface area contributed by atoms with E-state index < -0.39 is 0 Å². The topological polar surface area (TPSA) is 71.7 Å². The Kier molecular flexibility index (Phi) is 7.52. The zero-order valence-electron chi connectivity index (χ0n) is 15.8. The van der Waals surface area contributed by atoms with Crippen LogP contribution in [0.2, 0.25) is 0 Å². The minimum Gasteiger partial charge on any atom is -0.381 e. The Labute approximate surface area is 162 Å². The summed E-state index contributed by atoms with van der Waals surface area (Å²) < 4.78 is 10.8. The molecule has 0 amide bonds. The van der Waals surface area contributed by atoms with Crippen molar-refractivity contribution in [3.8, 4) is 0 Å². The Morgan fingerprint density at radius 1 is 1.46 bits per heavy atom. The predicted octanol–water partition coefficient (Wildman–Crippen LogP) is 2.99. The lowest BCUT2D eigenvalue weighted by atomic mass is 9.64. The molecule has 0 aromatic carbocycles. The molecule has 1 heterocycles. The van der Waals surface area contributed by atoms with Crippen LogP contribution in [0.5, 0.6) is 0 Å². The number of aromatic nitrogens is 1. The van der Waals surface area contributed by atoms with E-state index in [-0.39, 0.29) is 29.4 Å². The average Bonchev–Trinajstić information content (AvgIpc) is 2.84. The van der Waals surface area contributed by atoms with Gasteiger partial charge in [-0.25, -0.2) is 0 Å². The van der Waals surface area contributed by atoms with E-state index in [9.17, 15) is 0 Å². The molecule has 0 saturated heterocycles. The first-order chi connectivity index (χ1) is 10.8. The van der Waals surface area contributed by atoms with E-state index in [4.69, 9.17) is 9.26 Å². The summed E-state index contributed by atoms with van der Waals surface area (Å²) in [5.74, 6) is 2.03. The molecule has 138 valence electrons. The second-order valence-electron chi connectivity index (χ2n) is 7.07. The van der Waals surface area contributed by atoms with Gasteiger partial charge >= 0.3 is 0 Å². The number of hydrogen-bond acceptors (Lipinski definition) is 4. The molecule has 0 aliphatic heterocycles. The van der Waals surface area contributed by atoms with Gasteiger partial charge < -0.3 is 19.9 Å². The van der Waals surface area contributed by atoms with Crippen molar-refractivity contribution in [1.29, 1.82) is 0 Å². The van der Waals surface area contributed by atoms with Gasteiger partial charge in [0.1, 0.15) is 5.76 Å². The van der Waals surface area contributed by atoms with Crippen LogP contribution in [-0.4, -0.2) is 44.0 Å². The molecule has 0 radical (unpaired) electrons. The highest BCUT2D eigenvalue weighted by Gasteiger charge is 2.48. The number of aliphatic imine (C=N–C) groups is 1. The normalized spacial score (nSPS) is 23.9. The van der Waals surface area contributed by atoms with Crippen molar-refractivity contribution in [2.75, 3.05) is 20.7 Å². The first-order valence-corrected chi connectivity index (χ1v) is 8.24. The van der Waals surface area contributed by atoms with Gasteiger partial charge in [-0.15, -0.1) is 24.0 Å². The highest BCUT2D eigenvalue weighted by molar-refractivity contribution is 14.0. The van der Waals surface area contributed by atoms with Gasteiger partial charge in [-0.3, -0.25) is 4.99 Å². The Hall–Kier alpha value is -0.830. The van der Waals surface area contributed by atoms with Crippen molar-refractivity contribution in [2.24, 2.45) is 10.4 Å². The maximum absolute atomic E-state index is 5.50. The monoisotopic (exact) mass is 450 g/mol. The van der Waals surface area contributed by atoms with Crippen LogP contribution >= 0.6 is 24.0 Å². The molecule has 1 fully saturated rings. The quantitative estimate of drug-likeness (QED) is 0.410. The largest absolute Gasteiger partial charge is 0.381 e. The number of nitrogens with one attached hydrogen (secondary N) is 2. The number of methoxy groups -OCH3 is 1. The van der Waals surface area contributed by atoms with Crippen molar-refractivity contribution in [3.05, 3.63) is 17.0 Å². The summed E-state index contributed by atoms with van der Waals surface area (Å²) in [6.45, 7) is 11.3. The number of halogens is 1. The molecule has 0 bridgehead atoms. The summed E-state index contributed by atoms with van der Waals surface area (Å²) in [4.78, 5) is 4.34. The standard InChI is InChI=1S/C17H30N4O2.HI/c1-10(15-11(2)21-23-12(15)3)9-19-16(18-6)20-13-8-14(22-7)17(13,4)5;/h10,13-14H,8-9H2,1-7H3,(H2,18,19,20);1H. The van der Waals surface area contributed by atoms with Crippen molar-refractivity contribution in [2.45, 2.75) is 59.1 Å². The van der Waals surface area contributed by atoms with Gasteiger partial charge in [0.2, 0.25) is 0 Å². The van der Waals surface area contributed by atoms with Crippen molar-refractivity contribution >= 4 is 29.9 Å². The van der Waals surface area contributed by atoms with Gasteiger partial charge in [-0.1, -0.05) is 25.9 Å². The molecule has 1 aromatic rings. The molecule has 3 atom stereocenters. The van der Waals surface area contributed by atoms with Crippen molar-refractivity contribution in [3.63, 3.8) is 0 Å². The number of guanidine groups is 1. The summed E-state index contributed by atoms with van der Waals surface area (Å²) in [6.07, 6.45) is 1.31. The Balaban J connectivity index is 0.00000288. The number of nitrogens with zero attached hydrogens (tertiary/aromatic N) is 2. The van der Waals surface area contributed by atoms with E-state index >= 15 is 0 Å². The van der Waals surface area contributed by atoms with E-state index in [0.717, 1.165) is 30.4 Å². The summed E-state index contributed by atoms with van der Waals surface area (Å²) in [5, 5.41) is 10.9. The summed E-state index contributed by atoms with van der Waals surface area (Å²) in [6, 6.07) is 0.369. The van der Waals surface area contributed by atoms with Crippen molar-refractivity contribution in [1.82, 2.24) is 15.8 Å². The van der Waals surface area contributed by atoms with Crippen molar-refractivity contribution < 1.29 is 9.26 Å². The fraction of sp³-hybridized carbons (Fsp3) is 0.765. The molecule has 2 N–H and O–H groups in total. The summed E-state index contributed by atoms with van der Waals surface area (Å²) in [7, 11) is 3.58. The lowest BCUT2D eigenvalue weighted by molar-refractivity contribution is -0.0922. The van der Waals surface area contributed by atoms with Crippen LogP contribution in [0.15, 0.2) is 9.52 Å². The van der Waals surface area contributed by atoms with Crippen LogP contribution in [-0.2, 0) is 4.74 Å². The van der Waals surface area contributed by atoms with Crippen LogP contribution in [0, 0.1) is 19.3 Å². The van der Waals surface area contributed by atoms with Gasteiger partial charge in [0.05, 0.1) is 11.8 Å². The lowest BCUT2D eigenvalue weighted by Crippen LogP contribution is -2.63. The number of ether oxygens (including phenoxy) is 1. The average molecular weight is 450 g/mol. The molecule has 2 rings (SSSR count). The van der Waals surface area contributed by atoms with E-state index in [2.05, 4.69) is 41.6 Å². The second-order valence-corrected chi connectivity index (χ2v) is 7.07. The maximum Gasteiger partial charge on any atom is 0.191 e. The van der Waals surface area contributed by atoms with E-state index in [0.29, 0.717) is 18.1 Å². The predicted molar refractivity (Wildman–Crippen MR) is 107 cm³/mol. The lowest BCUT2D eigenvalue weighted by Gasteiger charge is -2.51. The summed E-state index contributed by atoms with van der Waals surface area (Å²) >= 11 is 0. The van der Waals surface area contributed by atoms with E-state index in [1.54, 1.807) is 14.2 Å². The Morgan fingerprint density at radius 3 is 2.58 bits per heavy atom. The first kappa shape index (κ1) is 21.2. The Bertz CT molecular complexity index is 551. The molecule has 24 heavy (non-hydrogen) atoms. The van der Waals surface area contributed by atoms with Crippen LogP contribution < -0.4 is 10.6 Å². The van der Waals surface area contributed by atoms with Gasteiger partial charge in [0.25, 0.3) is 0 Å². The number of aryl methyl sites for hydroxylation is 2. The van der Waals surface area contributed by atoms with Gasteiger partial charge in [0.15, 0.2) is 5.96 Å². The molecular formula is C17H31IN4O2. The Morgan fingerprint density at radius 2 is 2.12 bits per heavy atom. The fourth-order valence-electron chi connectivity index (χ4n) is 3.44. The smallest absolute Gasteiger partial charge is 0.191 e. The van der Waals surface area contributed by atoms with Crippen LogP contribution in [0.4, 0.5) is 0 Å². The van der Waals surface area contributed by atoms with E-state index in [1.807, 2.05) is 13.8 Å². The highest BCUT2D eigenvalue weighted by Crippen LogP contribution is 2.42. The minimum atomic E-state index is 0. The molecule has 0 spiro atoms. The zero-order valence-corrected chi connectivity index (χ0v) is 18.1. The number of rotatable bonds is 5. The van der Waals surface area contributed by atoms with Gasteiger partial charge in [-0.05, 0) is 20.3 Å². The second kappa shape index (κ2) is 8.51. The third-order valence-electron chi connectivity index (χ3n) is 5.15. The summed E-state index contributed by atoms with van der Waals surface area (Å²) in [5.41, 5.74) is 2.25. The number of hydrogen-bond donors (Lipinski definition) is 2. The zero-order chi connectivity index (χ0) is 17.2. The molecule has 1 aliphatic rings. The van der Waals surface area contributed by atoms with Crippen LogP contribution in [0.25, 0.3) is 0 Å². The third kappa shape index (κ3) is 4.22. The van der Waals surface area contributed by atoms with Crippen LogP contribution in [0.1, 0.15) is 50.1 Å². The molecule has 1 aliphatic carbocycles.